The van der Waals surface area contributed by atoms with Gasteiger partial charge in [0.1, 0.15) is 5.82 Å². The molecule has 2 aliphatic rings. The van der Waals surface area contributed by atoms with Crippen LogP contribution in [0.4, 0.5) is 20.3 Å². The molecule has 3 N–H and O–H groups in total. The Labute approximate surface area is 258 Å². The van der Waals surface area contributed by atoms with Crippen molar-refractivity contribution in [2.75, 3.05) is 30.2 Å². The minimum atomic E-state index is -3.81. The van der Waals surface area contributed by atoms with Gasteiger partial charge in [-0.15, -0.1) is 0 Å². The molecule has 1 unspecified atom stereocenters. The Balaban J connectivity index is 1.19. The Morgan fingerprint density at radius 3 is 2.60 bits per heavy atom. The first-order valence-electron chi connectivity index (χ1n) is 14.1. The number of nitrogens with zero attached hydrogens (tertiary/aromatic N) is 4. The quantitative estimate of drug-likeness (QED) is 0.264. The van der Waals surface area contributed by atoms with E-state index in [0.717, 1.165) is 23.3 Å². The van der Waals surface area contributed by atoms with E-state index in [2.05, 4.69) is 14.8 Å². The summed E-state index contributed by atoms with van der Waals surface area (Å²) in [5, 5.41) is 4.30. The maximum Gasteiger partial charge on any atom is 0.302 e. The number of aromatic nitrogens is 3. The lowest BCUT2D eigenvalue weighted by Gasteiger charge is -2.32. The van der Waals surface area contributed by atoms with E-state index < -0.39 is 27.6 Å². The summed E-state index contributed by atoms with van der Waals surface area (Å²) in [6.07, 6.45) is 4.80. The van der Waals surface area contributed by atoms with E-state index in [-0.39, 0.29) is 42.1 Å². The fourth-order valence-electron chi connectivity index (χ4n) is 5.41. The number of hydrogen-bond donors (Lipinski definition) is 2. The Morgan fingerprint density at radius 2 is 1.89 bits per heavy atom. The molecular formula is C31H30F2N6O5S. The highest BCUT2D eigenvalue weighted by Gasteiger charge is 2.31. The number of nitrogens with two attached hydrogens (primary N) is 1. The molecule has 0 amide bonds. The fourth-order valence-corrected chi connectivity index (χ4v) is 6.88. The van der Waals surface area contributed by atoms with E-state index in [4.69, 9.17) is 15.2 Å². The van der Waals surface area contributed by atoms with Crippen LogP contribution in [0.5, 0.6) is 11.6 Å². The third kappa shape index (κ3) is 5.79. The van der Waals surface area contributed by atoms with E-state index in [9.17, 15) is 22.0 Å². The Hall–Kier alpha value is -4.66. The van der Waals surface area contributed by atoms with Gasteiger partial charge in [-0.3, -0.25) is 9.52 Å². The van der Waals surface area contributed by atoms with E-state index >= 15 is 0 Å². The van der Waals surface area contributed by atoms with Crippen molar-refractivity contribution in [3.05, 3.63) is 93.8 Å². The molecule has 14 heteroatoms. The summed E-state index contributed by atoms with van der Waals surface area (Å²) < 4.78 is 70.4. The van der Waals surface area contributed by atoms with Crippen molar-refractivity contribution in [1.82, 2.24) is 19.1 Å². The van der Waals surface area contributed by atoms with Gasteiger partial charge in [-0.25, -0.2) is 18.4 Å². The number of ketones is 1. The number of allylic oxidation sites excluding steroid dienone is 1. The molecule has 1 atom stereocenters. The van der Waals surface area contributed by atoms with Crippen molar-refractivity contribution >= 4 is 33.6 Å². The topological polar surface area (TPSA) is 142 Å². The second-order valence-corrected chi connectivity index (χ2v) is 12.6. The van der Waals surface area contributed by atoms with Crippen LogP contribution in [0, 0.1) is 25.5 Å². The van der Waals surface area contributed by atoms with Crippen LogP contribution >= 0.6 is 0 Å². The Morgan fingerprint density at radius 1 is 1.13 bits per heavy atom. The van der Waals surface area contributed by atoms with Crippen LogP contribution < -0.4 is 15.2 Å². The number of anilines is 2. The molecule has 0 radical (unpaired) electrons. The summed E-state index contributed by atoms with van der Waals surface area (Å²) in [5.41, 5.74) is 10.8. The normalized spacial score (nSPS) is 16.7. The van der Waals surface area contributed by atoms with Gasteiger partial charge in [0.05, 0.1) is 42.5 Å². The Bertz CT molecular complexity index is 1960. The molecule has 234 valence electrons. The lowest BCUT2D eigenvalue weighted by Crippen LogP contribution is -2.49. The zero-order chi connectivity index (χ0) is 32.0. The van der Waals surface area contributed by atoms with Gasteiger partial charge >= 0.3 is 10.2 Å². The van der Waals surface area contributed by atoms with E-state index in [0.29, 0.717) is 41.3 Å². The molecule has 0 bridgehead atoms. The second-order valence-electron chi connectivity index (χ2n) is 11.0. The first kappa shape index (κ1) is 30.4. The van der Waals surface area contributed by atoms with Crippen molar-refractivity contribution in [3.8, 4) is 17.3 Å². The summed E-state index contributed by atoms with van der Waals surface area (Å²) in [7, 11) is -3.81. The van der Waals surface area contributed by atoms with E-state index in [1.54, 1.807) is 32.9 Å². The SMILES string of the molecule is Cc1cc2c(cc1NS(=O)(=O)N1CCOCC1C)CC(C(=O)c1cnn(-c3cnc(Oc4c(F)cccc4F)cc3C)c1N)=C2. The van der Waals surface area contributed by atoms with Gasteiger partial charge in [-0.1, -0.05) is 6.07 Å². The first-order chi connectivity index (χ1) is 21.4. The van der Waals surface area contributed by atoms with Gasteiger partial charge in [-0.2, -0.15) is 17.8 Å². The minimum absolute atomic E-state index is 0.0347. The van der Waals surface area contributed by atoms with Crippen molar-refractivity contribution in [3.63, 3.8) is 0 Å². The molecule has 11 nitrogen and oxygen atoms in total. The molecule has 6 rings (SSSR count). The summed E-state index contributed by atoms with van der Waals surface area (Å²) in [5.74, 6) is -2.57. The van der Waals surface area contributed by atoms with Crippen LogP contribution in [0.2, 0.25) is 0 Å². The number of nitrogen functional groups attached to an aromatic ring is 1. The lowest BCUT2D eigenvalue weighted by molar-refractivity contribution is 0.0396. The summed E-state index contributed by atoms with van der Waals surface area (Å²) >= 11 is 0. The number of rotatable bonds is 8. The largest absolute Gasteiger partial charge is 0.433 e. The predicted octanol–water partition coefficient (Wildman–Crippen LogP) is 4.74. The molecule has 1 saturated heterocycles. The highest BCUT2D eigenvalue weighted by molar-refractivity contribution is 7.90. The number of ether oxygens (including phenoxy) is 2. The molecule has 2 aromatic heterocycles. The van der Waals surface area contributed by atoms with Crippen LogP contribution in [-0.4, -0.2) is 59.1 Å². The molecule has 3 heterocycles. The van der Waals surface area contributed by atoms with Crippen molar-refractivity contribution < 1.29 is 31.5 Å². The van der Waals surface area contributed by atoms with Gasteiger partial charge in [-0.05, 0) is 73.4 Å². The van der Waals surface area contributed by atoms with Gasteiger partial charge in [0.15, 0.2) is 17.4 Å². The number of aryl methyl sites for hydroxylation is 2. The van der Waals surface area contributed by atoms with E-state index in [1.807, 2.05) is 6.07 Å². The average molecular weight is 637 g/mol. The van der Waals surface area contributed by atoms with Gasteiger partial charge in [0.25, 0.3) is 0 Å². The number of halogens is 2. The standard InChI is InChI=1S/C31H30F2N6O5S/c1-17-9-20-11-22(12-21(20)13-26(17)37-45(41,42)38-7-8-43-16-19(38)3)29(40)23-14-36-39(31(23)34)27-15-35-28(10-18(27)2)44-30-24(32)5-4-6-25(30)33/h4-6,9-11,13-15,19,37H,7-8,12,16,34H2,1-3H3. The van der Waals surface area contributed by atoms with Gasteiger partial charge in [0.2, 0.25) is 11.6 Å². The Kier molecular flexibility index (Phi) is 7.89. The third-order valence-corrected chi connectivity index (χ3v) is 9.44. The number of hydrogen-bond acceptors (Lipinski definition) is 8. The van der Waals surface area contributed by atoms with Gasteiger partial charge < -0.3 is 15.2 Å². The predicted molar refractivity (Wildman–Crippen MR) is 164 cm³/mol. The smallest absolute Gasteiger partial charge is 0.302 e. The van der Waals surface area contributed by atoms with Crippen molar-refractivity contribution in [2.45, 2.75) is 33.2 Å². The molecule has 0 spiro atoms. The monoisotopic (exact) mass is 636 g/mol. The zero-order valence-electron chi connectivity index (χ0n) is 24.7. The maximum absolute atomic E-state index is 14.0. The van der Waals surface area contributed by atoms with Crippen LogP contribution in [0.15, 0.2) is 54.4 Å². The highest BCUT2D eigenvalue weighted by atomic mass is 32.2. The number of carbonyl (C=O) groups is 1. The third-order valence-electron chi connectivity index (χ3n) is 7.81. The van der Waals surface area contributed by atoms with Crippen molar-refractivity contribution in [1.29, 1.82) is 0 Å². The number of benzene rings is 2. The molecule has 45 heavy (non-hydrogen) atoms. The number of para-hydroxylation sites is 1. The lowest BCUT2D eigenvalue weighted by atomic mass is 10.0. The maximum atomic E-state index is 14.0. The highest BCUT2D eigenvalue weighted by Crippen LogP contribution is 2.34. The molecular weight excluding hydrogens is 606 g/mol. The average Bonchev–Trinajstić information content (AvgIpc) is 3.58. The molecule has 4 aromatic rings. The number of Topliss-reactive ketones (excluding diaryl/α,β-unsaturated/α-hetero) is 1. The van der Waals surface area contributed by atoms with E-state index in [1.165, 1.54) is 33.5 Å². The summed E-state index contributed by atoms with van der Waals surface area (Å²) in [6.45, 7) is 6.23. The number of carbonyl (C=O) groups excluding carboxylic acids is 1. The molecule has 0 saturated carbocycles. The molecule has 1 fully saturated rings. The molecule has 2 aromatic carbocycles. The minimum Gasteiger partial charge on any atom is -0.433 e. The number of nitrogens with one attached hydrogen (secondary N) is 1. The van der Waals surface area contributed by atoms with Crippen LogP contribution in [0.1, 0.15) is 39.5 Å². The van der Waals surface area contributed by atoms with Crippen LogP contribution in [0.25, 0.3) is 11.8 Å². The van der Waals surface area contributed by atoms with Crippen molar-refractivity contribution in [2.24, 2.45) is 0 Å². The zero-order valence-corrected chi connectivity index (χ0v) is 25.5. The van der Waals surface area contributed by atoms with Gasteiger partial charge in [0, 0.05) is 30.6 Å². The van der Waals surface area contributed by atoms with Crippen LogP contribution in [0.3, 0.4) is 0 Å². The number of fused-ring (bicyclic) bond motifs is 1. The number of pyridine rings is 1. The first-order valence-corrected chi connectivity index (χ1v) is 15.6. The number of morpholine rings is 1. The second kappa shape index (κ2) is 11.7. The summed E-state index contributed by atoms with van der Waals surface area (Å²) in [4.78, 5) is 17.7. The van der Waals surface area contributed by atoms with Crippen LogP contribution in [-0.2, 0) is 21.4 Å². The summed E-state index contributed by atoms with van der Waals surface area (Å²) in [6, 6.07) is 8.17. The molecule has 1 aliphatic carbocycles. The molecule has 1 aliphatic heterocycles. The fraction of sp³-hybridized carbons (Fsp3) is 0.258.